The highest BCUT2D eigenvalue weighted by Crippen LogP contribution is 2.29. The van der Waals surface area contributed by atoms with Crippen LogP contribution in [0.2, 0.25) is 0 Å². The molecule has 0 fully saturated rings. The second-order valence-corrected chi connectivity index (χ2v) is 5.96. The first-order chi connectivity index (χ1) is 11.2. The van der Waals surface area contributed by atoms with Crippen LogP contribution in [0.4, 0.5) is 0 Å². The van der Waals surface area contributed by atoms with E-state index in [2.05, 4.69) is 59.9 Å². The highest BCUT2D eigenvalue weighted by Gasteiger charge is 2.16. The zero-order chi connectivity index (χ0) is 16.0. The molecule has 3 heterocycles. The molecule has 24 heavy (non-hydrogen) atoms. The summed E-state index contributed by atoms with van der Waals surface area (Å²) in [6.45, 7) is 4.44. The van der Waals surface area contributed by atoms with Crippen LogP contribution in [0.25, 0.3) is 27.3 Å². The van der Waals surface area contributed by atoms with Gasteiger partial charge in [0.1, 0.15) is 11.3 Å². The molecule has 3 aromatic heterocycles. The van der Waals surface area contributed by atoms with E-state index in [4.69, 9.17) is 4.74 Å². The van der Waals surface area contributed by atoms with Gasteiger partial charge in [-0.2, -0.15) is 4.40 Å². The number of hydrogen-bond donors (Lipinski definition) is 1. The van der Waals surface area contributed by atoms with E-state index in [1.165, 1.54) is 32.9 Å². The number of halogens is 1. The smallest absolute Gasteiger partial charge is 0.235 e. The van der Waals surface area contributed by atoms with Crippen molar-refractivity contribution in [3.8, 4) is 5.75 Å². The number of hydrogen-bond acceptors (Lipinski definition) is 1. The molecule has 0 aliphatic heterocycles. The number of pyridine rings is 2. The maximum Gasteiger partial charge on any atom is 0.235 e. The Labute approximate surface area is 152 Å². The molecule has 124 valence electrons. The molecule has 4 rings (SSSR count). The number of aromatic nitrogens is 2. The van der Waals surface area contributed by atoms with Gasteiger partial charge in [0, 0.05) is 34.5 Å². The van der Waals surface area contributed by atoms with Crippen LogP contribution in [-0.4, -0.2) is 12.1 Å². The first kappa shape index (κ1) is 16.8. The van der Waals surface area contributed by atoms with Gasteiger partial charge in [0.25, 0.3) is 0 Å². The zero-order valence-corrected chi connectivity index (χ0v) is 15.8. The van der Waals surface area contributed by atoms with Crippen molar-refractivity contribution in [1.29, 1.82) is 0 Å². The molecule has 0 unspecified atom stereocenters. The lowest BCUT2D eigenvalue weighted by Crippen LogP contribution is -3.00. The van der Waals surface area contributed by atoms with Crippen LogP contribution in [0.5, 0.6) is 5.75 Å². The lowest BCUT2D eigenvalue weighted by Gasteiger charge is -2.03. The van der Waals surface area contributed by atoms with E-state index < -0.39 is 0 Å². The summed E-state index contributed by atoms with van der Waals surface area (Å²) in [5.74, 6) is 0.878. The molecule has 0 aliphatic carbocycles. The summed E-state index contributed by atoms with van der Waals surface area (Å²) in [6.07, 6.45) is 6.55. The number of aryl methyl sites for hydroxylation is 2. The molecule has 1 N–H and O–H groups in total. The number of benzene rings is 1. The third-order valence-corrected chi connectivity index (χ3v) is 4.76. The van der Waals surface area contributed by atoms with Gasteiger partial charge in [0.05, 0.1) is 12.6 Å². The van der Waals surface area contributed by atoms with Crippen LogP contribution in [-0.2, 0) is 12.8 Å². The van der Waals surface area contributed by atoms with Gasteiger partial charge in [0.15, 0.2) is 12.4 Å². The van der Waals surface area contributed by atoms with Crippen LogP contribution < -0.4 is 26.1 Å². The highest BCUT2D eigenvalue weighted by atomic mass is 79.9. The molecular formula is C20H21BrN2O. The Kier molecular flexibility index (Phi) is 4.50. The summed E-state index contributed by atoms with van der Waals surface area (Å²) < 4.78 is 7.58. The predicted octanol–water partition coefficient (Wildman–Crippen LogP) is 1.20. The van der Waals surface area contributed by atoms with Crippen molar-refractivity contribution >= 4 is 27.3 Å². The minimum atomic E-state index is 0. The molecule has 0 aliphatic rings. The van der Waals surface area contributed by atoms with E-state index in [1.54, 1.807) is 7.11 Å². The Morgan fingerprint density at radius 2 is 1.79 bits per heavy atom. The molecule has 0 spiro atoms. The van der Waals surface area contributed by atoms with E-state index >= 15 is 0 Å². The second kappa shape index (κ2) is 6.44. The molecule has 0 atom stereocenters. The number of fused-ring (bicyclic) bond motifs is 5. The number of H-pyrrole nitrogens is 1. The Morgan fingerprint density at radius 1 is 1.00 bits per heavy atom. The lowest BCUT2D eigenvalue weighted by molar-refractivity contribution is -0.511. The van der Waals surface area contributed by atoms with Crippen molar-refractivity contribution in [2.24, 2.45) is 0 Å². The highest BCUT2D eigenvalue weighted by molar-refractivity contribution is 6.11. The maximum atomic E-state index is 5.35. The third-order valence-electron chi connectivity index (χ3n) is 4.76. The molecule has 3 nitrogen and oxygen atoms in total. The van der Waals surface area contributed by atoms with Gasteiger partial charge in [-0.05, 0) is 30.5 Å². The number of methoxy groups -OCH3 is 1. The molecule has 1 aromatic carbocycles. The van der Waals surface area contributed by atoms with Crippen LogP contribution in [0, 0.1) is 0 Å². The van der Waals surface area contributed by atoms with Crippen LogP contribution in [0.15, 0.2) is 42.7 Å². The maximum absolute atomic E-state index is 5.35. The zero-order valence-electron chi connectivity index (χ0n) is 14.2. The predicted molar refractivity (Wildman–Crippen MR) is 94.3 cm³/mol. The van der Waals surface area contributed by atoms with Crippen LogP contribution in [0.3, 0.4) is 0 Å². The van der Waals surface area contributed by atoms with Gasteiger partial charge >= 0.3 is 0 Å². The largest absolute Gasteiger partial charge is 1.00 e. The molecule has 4 aromatic rings. The van der Waals surface area contributed by atoms with Gasteiger partial charge in [-0.1, -0.05) is 13.8 Å². The Hall–Kier alpha value is -2.07. The number of rotatable bonds is 3. The molecule has 0 saturated heterocycles. The number of aromatic amines is 1. The van der Waals surface area contributed by atoms with Crippen molar-refractivity contribution in [2.75, 3.05) is 7.11 Å². The first-order valence-corrected chi connectivity index (χ1v) is 8.20. The lowest BCUT2D eigenvalue weighted by atomic mass is 10.0. The summed E-state index contributed by atoms with van der Waals surface area (Å²) in [4.78, 5) is 3.58. The van der Waals surface area contributed by atoms with E-state index in [0.717, 1.165) is 24.1 Å². The third kappa shape index (κ3) is 2.46. The molecule has 0 radical (unpaired) electrons. The first-order valence-electron chi connectivity index (χ1n) is 8.20. The fourth-order valence-corrected chi connectivity index (χ4v) is 3.48. The molecule has 0 bridgehead atoms. The second-order valence-electron chi connectivity index (χ2n) is 5.96. The summed E-state index contributed by atoms with van der Waals surface area (Å²) >= 11 is 0. The van der Waals surface area contributed by atoms with Gasteiger partial charge in [-0.25, -0.2) is 0 Å². The van der Waals surface area contributed by atoms with Gasteiger partial charge in [-0.15, -0.1) is 0 Å². The minimum absolute atomic E-state index is 0. The SMILES string of the molecule is CCc1cc2c3[nH]c4cc(OC)ccc4c3cc[n+]2cc1CC.[Br-]. The molecule has 0 amide bonds. The van der Waals surface area contributed by atoms with Gasteiger partial charge < -0.3 is 26.7 Å². The number of ether oxygens (including phenoxy) is 1. The van der Waals surface area contributed by atoms with Gasteiger partial charge in [-0.3, -0.25) is 0 Å². The number of nitrogens with zero attached hydrogens (tertiary/aromatic N) is 1. The van der Waals surface area contributed by atoms with E-state index in [9.17, 15) is 0 Å². The van der Waals surface area contributed by atoms with E-state index in [0.29, 0.717) is 0 Å². The number of nitrogens with one attached hydrogen (secondary N) is 1. The fraction of sp³-hybridized carbons (Fsp3) is 0.250. The Bertz CT molecular complexity index is 1040. The quantitative estimate of drug-likeness (QED) is 0.528. The normalized spacial score (nSPS) is 11.1. The standard InChI is InChI=1S/C20H20N2O.BrH/c1-4-13-10-19-20-17(8-9-22(19)12-14(13)5-2)16-7-6-15(23-3)11-18(16)21-20;/h6-12H,4-5H2,1-3H3;1H. The summed E-state index contributed by atoms with van der Waals surface area (Å²) in [5.41, 5.74) is 6.38. The van der Waals surface area contributed by atoms with Crippen LogP contribution >= 0.6 is 0 Å². The van der Waals surface area contributed by atoms with Crippen molar-refractivity contribution in [3.05, 3.63) is 53.9 Å². The topological polar surface area (TPSA) is 29.1 Å². The summed E-state index contributed by atoms with van der Waals surface area (Å²) in [6, 6.07) is 10.7. The average molecular weight is 385 g/mol. The van der Waals surface area contributed by atoms with Crippen molar-refractivity contribution in [2.45, 2.75) is 26.7 Å². The molecular weight excluding hydrogens is 364 g/mol. The molecule has 0 saturated carbocycles. The Morgan fingerprint density at radius 3 is 2.50 bits per heavy atom. The summed E-state index contributed by atoms with van der Waals surface area (Å²) in [7, 11) is 1.70. The van der Waals surface area contributed by atoms with Crippen molar-refractivity contribution < 1.29 is 26.1 Å². The van der Waals surface area contributed by atoms with E-state index in [-0.39, 0.29) is 17.0 Å². The summed E-state index contributed by atoms with van der Waals surface area (Å²) in [5, 5.41) is 2.50. The monoisotopic (exact) mass is 384 g/mol. The average Bonchev–Trinajstić information content (AvgIpc) is 2.98. The fourth-order valence-electron chi connectivity index (χ4n) is 3.48. The van der Waals surface area contributed by atoms with Gasteiger partial charge in [0.2, 0.25) is 5.52 Å². The minimum Gasteiger partial charge on any atom is -1.00 e. The van der Waals surface area contributed by atoms with Crippen molar-refractivity contribution in [1.82, 2.24) is 4.98 Å². The van der Waals surface area contributed by atoms with Crippen molar-refractivity contribution in [3.63, 3.8) is 0 Å². The van der Waals surface area contributed by atoms with Crippen LogP contribution in [0.1, 0.15) is 25.0 Å². The van der Waals surface area contributed by atoms with E-state index in [1.807, 2.05) is 6.07 Å². The Balaban J connectivity index is 0.00000169. The molecule has 4 heteroatoms.